The molecular weight excluding hydrogens is 399 g/mol. The van der Waals surface area contributed by atoms with Gasteiger partial charge in [-0.25, -0.2) is 4.39 Å². The maximum atomic E-state index is 13.5. The highest BCUT2D eigenvalue weighted by Crippen LogP contribution is 2.23. The van der Waals surface area contributed by atoms with Crippen molar-refractivity contribution in [1.82, 2.24) is 9.88 Å². The minimum Gasteiger partial charge on any atom is -0.497 e. The number of ether oxygens (including phenoxy) is 1. The van der Waals surface area contributed by atoms with E-state index < -0.39 is 5.91 Å². The van der Waals surface area contributed by atoms with E-state index in [0.717, 1.165) is 11.3 Å². The SMILES string of the molecule is COc1ccc(CNC(=O)c2c(C)oc3ccn(Cc4cccc(F)c4)c(=O)c23)cc1. The van der Waals surface area contributed by atoms with Crippen molar-refractivity contribution in [3.8, 4) is 5.75 Å². The lowest BCUT2D eigenvalue weighted by Crippen LogP contribution is -2.26. The molecular formula is C24H21FN2O4. The first-order chi connectivity index (χ1) is 15.0. The van der Waals surface area contributed by atoms with Gasteiger partial charge in [0.1, 0.15) is 22.9 Å². The third kappa shape index (κ3) is 4.21. The van der Waals surface area contributed by atoms with Crippen LogP contribution >= 0.6 is 0 Å². The summed E-state index contributed by atoms with van der Waals surface area (Å²) in [7, 11) is 1.59. The van der Waals surface area contributed by atoms with Gasteiger partial charge in [0.05, 0.1) is 24.6 Å². The molecule has 4 rings (SSSR count). The normalized spacial score (nSPS) is 10.9. The fourth-order valence-electron chi connectivity index (χ4n) is 3.51. The number of nitrogens with zero attached hydrogens (tertiary/aromatic N) is 1. The number of carbonyl (C=O) groups is 1. The summed E-state index contributed by atoms with van der Waals surface area (Å²) in [4.78, 5) is 26.0. The number of aryl methyl sites for hydroxylation is 1. The maximum absolute atomic E-state index is 13.5. The Kier molecular flexibility index (Phi) is 5.58. The summed E-state index contributed by atoms with van der Waals surface area (Å²) in [6.45, 7) is 2.13. The third-order valence-electron chi connectivity index (χ3n) is 5.07. The van der Waals surface area contributed by atoms with Crippen molar-refractivity contribution < 1.29 is 18.3 Å². The lowest BCUT2D eigenvalue weighted by molar-refractivity contribution is 0.0950. The largest absolute Gasteiger partial charge is 0.497 e. The van der Waals surface area contributed by atoms with Crippen molar-refractivity contribution >= 4 is 16.9 Å². The lowest BCUT2D eigenvalue weighted by atomic mass is 10.1. The van der Waals surface area contributed by atoms with Gasteiger partial charge in [0.25, 0.3) is 11.5 Å². The second kappa shape index (κ2) is 8.47. The predicted octanol–water partition coefficient (Wildman–Crippen LogP) is 4.03. The van der Waals surface area contributed by atoms with Crippen molar-refractivity contribution in [2.24, 2.45) is 0 Å². The molecule has 0 atom stereocenters. The molecule has 1 amide bonds. The highest BCUT2D eigenvalue weighted by molar-refractivity contribution is 6.06. The minimum absolute atomic E-state index is 0.184. The van der Waals surface area contributed by atoms with Gasteiger partial charge in [-0.2, -0.15) is 0 Å². The van der Waals surface area contributed by atoms with E-state index in [0.29, 0.717) is 23.5 Å². The molecule has 4 aromatic rings. The minimum atomic E-state index is -0.396. The summed E-state index contributed by atoms with van der Waals surface area (Å²) in [5.41, 5.74) is 1.72. The van der Waals surface area contributed by atoms with Gasteiger partial charge in [0.2, 0.25) is 0 Å². The van der Waals surface area contributed by atoms with Crippen LogP contribution in [0.5, 0.6) is 5.75 Å². The predicted molar refractivity (Wildman–Crippen MR) is 115 cm³/mol. The van der Waals surface area contributed by atoms with Crippen LogP contribution in [0.25, 0.3) is 11.0 Å². The average molecular weight is 420 g/mol. The Balaban J connectivity index is 1.62. The molecule has 0 spiro atoms. The Hall–Kier alpha value is -3.87. The van der Waals surface area contributed by atoms with Crippen LogP contribution in [0.4, 0.5) is 4.39 Å². The Morgan fingerprint density at radius 1 is 1.13 bits per heavy atom. The smallest absolute Gasteiger partial charge is 0.262 e. The molecule has 0 saturated heterocycles. The van der Waals surface area contributed by atoms with E-state index in [9.17, 15) is 14.0 Å². The van der Waals surface area contributed by atoms with Gasteiger partial charge in [0, 0.05) is 12.7 Å². The topological polar surface area (TPSA) is 73.5 Å². The number of hydrogen-bond donors (Lipinski definition) is 1. The number of fused-ring (bicyclic) bond motifs is 1. The van der Waals surface area contributed by atoms with E-state index in [2.05, 4.69) is 5.32 Å². The molecule has 2 aromatic carbocycles. The van der Waals surface area contributed by atoms with Crippen molar-refractivity contribution in [2.45, 2.75) is 20.0 Å². The number of rotatable bonds is 6. The zero-order valence-electron chi connectivity index (χ0n) is 17.1. The van der Waals surface area contributed by atoms with Crippen LogP contribution < -0.4 is 15.6 Å². The number of furan rings is 1. The van der Waals surface area contributed by atoms with E-state index in [4.69, 9.17) is 9.15 Å². The van der Waals surface area contributed by atoms with Gasteiger partial charge in [-0.3, -0.25) is 9.59 Å². The van der Waals surface area contributed by atoms with Crippen molar-refractivity contribution in [2.75, 3.05) is 7.11 Å². The van der Waals surface area contributed by atoms with E-state index >= 15 is 0 Å². The monoisotopic (exact) mass is 420 g/mol. The van der Waals surface area contributed by atoms with Gasteiger partial charge in [0.15, 0.2) is 0 Å². The summed E-state index contributed by atoms with van der Waals surface area (Å²) in [5.74, 6) is 0.325. The molecule has 7 heteroatoms. The Labute approximate surface area is 177 Å². The molecule has 1 N–H and O–H groups in total. The number of methoxy groups -OCH3 is 1. The van der Waals surface area contributed by atoms with Crippen LogP contribution in [0.3, 0.4) is 0 Å². The van der Waals surface area contributed by atoms with Gasteiger partial charge in [-0.05, 0) is 48.4 Å². The third-order valence-corrected chi connectivity index (χ3v) is 5.07. The second-order valence-corrected chi connectivity index (χ2v) is 7.18. The molecule has 2 heterocycles. The fourth-order valence-corrected chi connectivity index (χ4v) is 3.51. The Morgan fingerprint density at radius 2 is 1.90 bits per heavy atom. The lowest BCUT2D eigenvalue weighted by Gasteiger charge is -2.08. The number of benzene rings is 2. The highest BCUT2D eigenvalue weighted by atomic mass is 19.1. The van der Waals surface area contributed by atoms with Crippen molar-refractivity contribution in [1.29, 1.82) is 0 Å². The van der Waals surface area contributed by atoms with E-state index in [1.54, 1.807) is 38.4 Å². The van der Waals surface area contributed by atoms with Crippen LogP contribution in [-0.2, 0) is 13.1 Å². The quantitative estimate of drug-likeness (QED) is 0.511. The number of carbonyl (C=O) groups excluding carboxylic acids is 1. The first kappa shape index (κ1) is 20.4. The number of amides is 1. The van der Waals surface area contributed by atoms with Crippen LogP contribution in [-0.4, -0.2) is 17.6 Å². The number of halogens is 1. The molecule has 2 aromatic heterocycles. The van der Waals surface area contributed by atoms with Crippen LogP contribution in [0.1, 0.15) is 27.2 Å². The van der Waals surface area contributed by atoms with E-state index in [1.165, 1.54) is 16.7 Å². The second-order valence-electron chi connectivity index (χ2n) is 7.18. The summed E-state index contributed by atoms with van der Waals surface area (Å²) >= 11 is 0. The van der Waals surface area contributed by atoms with E-state index in [1.807, 2.05) is 24.3 Å². The highest BCUT2D eigenvalue weighted by Gasteiger charge is 2.21. The molecule has 31 heavy (non-hydrogen) atoms. The van der Waals surface area contributed by atoms with E-state index in [-0.39, 0.29) is 28.9 Å². The molecule has 0 radical (unpaired) electrons. The molecule has 158 valence electrons. The van der Waals surface area contributed by atoms with Crippen molar-refractivity contribution in [3.63, 3.8) is 0 Å². The molecule has 0 fully saturated rings. The average Bonchev–Trinajstić information content (AvgIpc) is 3.11. The number of hydrogen-bond acceptors (Lipinski definition) is 4. The number of nitrogens with one attached hydrogen (secondary N) is 1. The maximum Gasteiger partial charge on any atom is 0.262 e. The Bertz CT molecular complexity index is 1310. The zero-order chi connectivity index (χ0) is 22.0. The van der Waals surface area contributed by atoms with Crippen LogP contribution in [0.2, 0.25) is 0 Å². The molecule has 0 bridgehead atoms. The Morgan fingerprint density at radius 3 is 2.61 bits per heavy atom. The zero-order valence-corrected chi connectivity index (χ0v) is 17.1. The molecule has 6 nitrogen and oxygen atoms in total. The van der Waals surface area contributed by atoms with Gasteiger partial charge >= 0.3 is 0 Å². The summed E-state index contributed by atoms with van der Waals surface area (Å²) in [6, 6.07) is 15.0. The summed E-state index contributed by atoms with van der Waals surface area (Å²) in [6.07, 6.45) is 1.58. The van der Waals surface area contributed by atoms with Crippen LogP contribution in [0.15, 0.2) is 70.0 Å². The molecule has 0 aliphatic heterocycles. The number of pyridine rings is 1. The number of aromatic nitrogens is 1. The summed E-state index contributed by atoms with van der Waals surface area (Å²) < 4.78 is 25.7. The standard InChI is InChI=1S/C24H21FN2O4/c1-15-21(23(28)26-13-16-6-8-19(30-2)9-7-16)22-20(31-15)10-11-27(24(22)29)14-17-4-3-5-18(25)12-17/h3-12H,13-14H2,1-2H3,(H,26,28). The molecule has 0 saturated carbocycles. The van der Waals surface area contributed by atoms with Crippen molar-refractivity contribution in [3.05, 3.63) is 99.4 Å². The van der Waals surface area contributed by atoms with Gasteiger partial charge < -0.3 is 19.0 Å². The first-order valence-electron chi connectivity index (χ1n) is 9.74. The first-order valence-corrected chi connectivity index (χ1v) is 9.74. The van der Waals surface area contributed by atoms with Gasteiger partial charge in [-0.1, -0.05) is 24.3 Å². The van der Waals surface area contributed by atoms with Gasteiger partial charge in [-0.15, -0.1) is 0 Å². The molecule has 0 aliphatic carbocycles. The molecule has 0 unspecified atom stereocenters. The summed E-state index contributed by atoms with van der Waals surface area (Å²) in [5, 5.41) is 3.05. The molecule has 0 aliphatic rings. The van der Waals surface area contributed by atoms with Crippen LogP contribution in [0, 0.1) is 12.7 Å². The fraction of sp³-hybridized carbons (Fsp3) is 0.167.